The van der Waals surface area contributed by atoms with Gasteiger partial charge in [-0.2, -0.15) is 0 Å². The second kappa shape index (κ2) is 5.70. The lowest BCUT2D eigenvalue weighted by atomic mass is 10.7. The smallest absolute Gasteiger partial charge is 0.381 e. The molecule has 0 radical (unpaired) electrons. The van der Waals surface area contributed by atoms with Gasteiger partial charge < -0.3 is 14.9 Å². The van der Waals surface area contributed by atoms with Crippen molar-refractivity contribution < 1.29 is 18.1 Å². The van der Waals surface area contributed by atoms with Crippen LogP contribution in [0.4, 0.5) is 5.82 Å². The minimum absolute atomic E-state index is 0.148. The summed E-state index contributed by atoms with van der Waals surface area (Å²) < 4.78 is 31.0. The molecule has 1 aromatic heterocycles. The summed E-state index contributed by atoms with van der Waals surface area (Å²) >= 11 is 0. The van der Waals surface area contributed by atoms with E-state index in [0.29, 0.717) is 0 Å². The van der Waals surface area contributed by atoms with Gasteiger partial charge in [0.25, 0.3) is 0 Å². The van der Waals surface area contributed by atoms with E-state index in [-0.39, 0.29) is 13.2 Å². The molecule has 9 nitrogen and oxygen atoms in total. The lowest BCUT2D eigenvalue weighted by molar-refractivity contribution is -0.389. The van der Waals surface area contributed by atoms with Crippen molar-refractivity contribution in [2.45, 2.75) is 5.88 Å². The molecular formula is C7H12N4O5S. The van der Waals surface area contributed by atoms with Crippen LogP contribution in [0.25, 0.3) is 0 Å². The van der Waals surface area contributed by atoms with Gasteiger partial charge in [0.15, 0.2) is 0 Å². The predicted octanol–water partition coefficient (Wildman–Crippen LogP) is -0.685. The van der Waals surface area contributed by atoms with Gasteiger partial charge in [0.1, 0.15) is 12.1 Å². The van der Waals surface area contributed by atoms with E-state index < -0.39 is 26.6 Å². The number of nitrogens with one attached hydrogen (secondary N) is 1. The molecule has 0 spiro atoms. The third-order valence-corrected chi connectivity index (χ3v) is 3.04. The van der Waals surface area contributed by atoms with E-state index in [1.807, 2.05) is 0 Å². The maximum atomic E-state index is 11.5. The summed E-state index contributed by atoms with van der Waals surface area (Å²) in [4.78, 5) is 13.1. The number of imidazole rings is 1. The fourth-order valence-corrected chi connectivity index (χ4v) is 2.07. The number of hydrogen-bond donors (Lipinski definition) is 1. The molecule has 17 heavy (non-hydrogen) atoms. The monoisotopic (exact) mass is 264 g/mol. The molecule has 1 aromatic rings. The number of hydrogen-bond acceptors (Lipinski definition) is 6. The minimum atomic E-state index is -3.55. The lowest BCUT2D eigenvalue weighted by Crippen LogP contribution is -2.29. The second-order valence-electron chi connectivity index (χ2n) is 3.13. The first-order chi connectivity index (χ1) is 7.94. The molecule has 0 bridgehead atoms. The van der Waals surface area contributed by atoms with Crippen LogP contribution in [-0.2, 0) is 20.6 Å². The maximum Gasteiger partial charge on any atom is 0.381 e. The van der Waals surface area contributed by atoms with Crippen LogP contribution in [-0.4, -0.2) is 43.2 Å². The zero-order valence-corrected chi connectivity index (χ0v) is 9.88. The van der Waals surface area contributed by atoms with E-state index in [2.05, 4.69) is 14.4 Å². The fraction of sp³-hybridized carbons (Fsp3) is 0.571. The standard InChI is InChI=1S/C7H12N4O5S/c1-16-3-2-9-17(14,15)6-10-4-7(8-5-10)11(12)13/h4-5,9H,2-3,6H2,1H3. The second-order valence-corrected chi connectivity index (χ2v) is 4.91. The molecule has 0 aliphatic rings. The van der Waals surface area contributed by atoms with Gasteiger partial charge in [0.05, 0.1) is 6.61 Å². The highest BCUT2D eigenvalue weighted by molar-refractivity contribution is 7.88. The molecule has 0 aromatic carbocycles. The summed E-state index contributed by atoms with van der Waals surface area (Å²) in [5, 5.41) is 10.3. The van der Waals surface area contributed by atoms with Crippen LogP contribution in [0.3, 0.4) is 0 Å². The van der Waals surface area contributed by atoms with Gasteiger partial charge in [-0.15, -0.1) is 0 Å². The largest absolute Gasteiger partial charge is 0.383 e. The van der Waals surface area contributed by atoms with Crippen molar-refractivity contribution in [3.8, 4) is 0 Å². The molecule has 0 aliphatic carbocycles. The number of nitrogens with zero attached hydrogens (tertiary/aromatic N) is 3. The molecule has 0 saturated heterocycles. The van der Waals surface area contributed by atoms with Gasteiger partial charge in [0.2, 0.25) is 16.4 Å². The Hall–Kier alpha value is -1.52. The Morgan fingerprint density at radius 2 is 2.35 bits per heavy atom. The van der Waals surface area contributed by atoms with E-state index in [0.717, 1.165) is 17.1 Å². The molecule has 96 valence electrons. The SMILES string of the molecule is COCCNS(=O)(=O)Cn1cnc([N+](=O)[O-])c1. The number of methoxy groups -OCH3 is 1. The topological polar surface area (TPSA) is 116 Å². The van der Waals surface area contributed by atoms with Crippen LogP contribution in [0.2, 0.25) is 0 Å². The van der Waals surface area contributed by atoms with Crippen LogP contribution in [0.1, 0.15) is 0 Å². The van der Waals surface area contributed by atoms with Crippen molar-refractivity contribution in [1.82, 2.24) is 14.3 Å². The van der Waals surface area contributed by atoms with E-state index in [1.165, 1.54) is 7.11 Å². The maximum absolute atomic E-state index is 11.5. The Kier molecular flexibility index (Phi) is 4.54. The molecule has 0 saturated carbocycles. The van der Waals surface area contributed by atoms with Gasteiger partial charge in [-0.25, -0.2) is 13.1 Å². The summed E-state index contributed by atoms with van der Waals surface area (Å²) in [6, 6.07) is 0. The van der Waals surface area contributed by atoms with Crippen LogP contribution in [0.15, 0.2) is 12.5 Å². The number of nitro groups is 1. The van der Waals surface area contributed by atoms with Crippen LogP contribution >= 0.6 is 0 Å². The summed E-state index contributed by atoms with van der Waals surface area (Å²) in [6.45, 7) is 0.402. The van der Waals surface area contributed by atoms with Crippen LogP contribution < -0.4 is 4.72 Å². The van der Waals surface area contributed by atoms with Gasteiger partial charge >= 0.3 is 5.82 Å². The third kappa shape index (κ3) is 4.46. The number of aromatic nitrogens is 2. The van der Waals surface area contributed by atoms with Gasteiger partial charge in [0, 0.05) is 13.7 Å². The van der Waals surface area contributed by atoms with E-state index in [4.69, 9.17) is 0 Å². The Balaban J connectivity index is 2.60. The molecule has 0 fully saturated rings. The van der Waals surface area contributed by atoms with Crippen molar-refractivity contribution in [3.63, 3.8) is 0 Å². The number of ether oxygens (including phenoxy) is 1. The van der Waals surface area contributed by atoms with Crippen molar-refractivity contribution in [1.29, 1.82) is 0 Å². The van der Waals surface area contributed by atoms with E-state index in [9.17, 15) is 18.5 Å². The molecular weight excluding hydrogens is 252 g/mol. The quantitative estimate of drug-likeness (QED) is 0.396. The molecule has 1 N–H and O–H groups in total. The van der Waals surface area contributed by atoms with Crippen molar-refractivity contribution in [2.24, 2.45) is 0 Å². The zero-order chi connectivity index (χ0) is 12.9. The Morgan fingerprint density at radius 1 is 1.65 bits per heavy atom. The van der Waals surface area contributed by atoms with Gasteiger partial charge in [-0.1, -0.05) is 0 Å². The molecule has 0 amide bonds. The molecule has 0 atom stereocenters. The van der Waals surface area contributed by atoms with Crippen LogP contribution in [0, 0.1) is 10.1 Å². The van der Waals surface area contributed by atoms with Crippen LogP contribution in [0.5, 0.6) is 0 Å². The molecule has 0 aliphatic heterocycles. The predicted molar refractivity (Wildman–Crippen MR) is 57.7 cm³/mol. The van der Waals surface area contributed by atoms with Gasteiger partial charge in [-0.05, 0) is 9.91 Å². The highest BCUT2D eigenvalue weighted by Gasteiger charge is 2.15. The first-order valence-corrected chi connectivity index (χ1v) is 6.22. The average molecular weight is 264 g/mol. The lowest BCUT2D eigenvalue weighted by Gasteiger charge is -2.05. The highest BCUT2D eigenvalue weighted by Crippen LogP contribution is 2.06. The summed E-state index contributed by atoms with van der Waals surface area (Å²) in [5.41, 5.74) is 0. The number of rotatable bonds is 7. The molecule has 0 unspecified atom stereocenters. The Morgan fingerprint density at radius 3 is 2.88 bits per heavy atom. The highest BCUT2D eigenvalue weighted by atomic mass is 32.2. The fourth-order valence-electron chi connectivity index (χ4n) is 1.05. The normalized spacial score (nSPS) is 11.6. The zero-order valence-electron chi connectivity index (χ0n) is 9.07. The molecule has 1 rings (SSSR count). The Labute approximate surface area is 97.6 Å². The Bertz CT molecular complexity index is 482. The third-order valence-electron chi connectivity index (χ3n) is 1.75. The number of sulfonamides is 1. The van der Waals surface area contributed by atoms with Crippen molar-refractivity contribution in [3.05, 3.63) is 22.6 Å². The summed E-state index contributed by atoms with van der Waals surface area (Å²) in [5.74, 6) is -0.811. The summed E-state index contributed by atoms with van der Waals surface area (Å²) in [7, 11) is -2.10. The van der Waals surface area contributed by atoms with Gasteiger partial charge in [-0.3, -0.25) is 4.57 Å². The first kappa shape index (κ1) is 13.5. The first-order valence-electron chi connectivity index (χ1n) is 4.57. The van der Waals surface area contributed by atoms with Crippen molar-refractivity contribution in [2.75, 3.05) is 20.3 Å². The summed E-state index contributed by atoms with van der Waals surface area (Å²) in [6.07, 6.45) is 2.14. The van der Waals surface area contributed by atoms with E-state index >= 15 is 0 Å². The van der Waals surface area contributed by atoms with E-state index in [1.54, 1.807) is 0 Å². The molecule has 1 heterocycles. The van der Waals surface area contributed by atoms with Crippen molar-refractivity contribution >= 4 is 15.8 Å². The molecule has 10 heteroatoms. The minimum Gasteiger partial charge on any atom is -0.383 e. The average Bonchev–Trinajstić information content (AvgIpc) is 2.65.